The normalized spacial score (nSPS) is 14.2. The third kappa shape index (κ3) is 5.36. The van der Waals surface area contributed by atoms with Crippen molar-refractivity contribution in [1.29, 1.82) is 0 Å². The van der Waals surface area contributed by atoms with Gasteiger partial charge in [-0.2, -0.15) is 0 Å². The predicted molar refractivity (Wildman–Crippen MR) is 119 cm³/mol. The molecule has 0 saturated carbocycles. The summed E-state index contributed by atoms with van der Waals surface area (Å²) in [6, 6.07) is 12.1. The number of carbonyl (C=O) groups is 1. The molecular formula is C25H28O3S. The smallest absolute Gasteiger partial charge is 0.310 e. The van der Waals surface area contributed by atoms with Gasteiger partial charge in [-0.25, -0.2) is 0 Å². The second kappa shape index (κ2) is 9.41. The van der Waals surface area contributed by atoms with Crippen LogP contribution >= 0.6 is 11.8 Å². The highest BCUT2D eigenvalue weighted by molar-refractivity contribution is 7.99. The second-order valence-electron chi connectivity index (χ2n) is 7.69. The molecule has 0 N–H and O–H groups in total. The fourth-order valence-electron chi connectivity index (χ4n) is 3.36. The van der Waals surface area contributed by atoms with E-state index in [1.54, 1.807) is 11.8 Å². The standard InChI is InChI=1S/C25H28O3S/c1-5-27-24(26)15-19-9-7-18(8-10-19)11-12-20-16-21-22(17-23(20)29-6-2)28-14-13-25(21,3)4/h7-10,16-17H,5-6,13-15H2,1-4H3. The molecule has 0 amide bonds. The molecule has 3 nitrogen and oxygen atoms in total. The van der Waals surface area contributed by atoms with Crippen LogP contribution < -0.4 is 4.74 Å². The lowest BCUT2D eigenvalue weighted by atomic mass is 9.79. The average molecular weight is 409 g/mol. The highest BCUT2D eigenvalue weighted by Crippen LogP contribution is 2.41. The minimum Gasteiger partial charge on any atom is -0.493 e. The molecule has 0 atom stereocenters. The number of hydrogen-bond acceptors (Lipinski definition) is 4. The minimum absolute atomic E-state index is 0.0914. The monoisotopic (exact) mass is 408 g/mol. The average Bonchev–Trinajstić information content (AvgIpc) is 2.68. The first-order valence-electron chi connectivity index (χ1n) is 10.1. The van der Waals surface area contributed by atoms with Gasteiger partial charge in [0.15, 0.2) is 0 Å². The zero-order valence-electron chi connectivity index (χ0n) is 17.6. The van der Waals surface area contributed by atoms with Crippen LogP contribution in [0.5, 0.6) is 5.75 Å². The first-order chi connectivity index (χ1) is 13.9. The van der Waals surface area contributed by atoms with Crippen LogP contribution in [0.3, 0.4) is 0 Å². The summed E-state index contributed by atoms with van der Waals surface area (Å²) in [5, 5.41) is 0. The summed E-state index contributed by atoms with van der Waals surface area (Å²) in [5.74, 6) is 8.42. The first kappa shape index (κ1) is 21.3. The molecule has 0 fully saturated rings. The van der Waals surface area contributed by atoms with Gasteiger partial charge in [0, 0.05) is 21.6 Å². The Kier molecular flexibility index (Phi) is 6.92. The van der Waals surface area contributed by atoms with Crippen LogP contribution in [0.25, 0.3) is 0 Å². The van der Waals surface area contributed by atoms with Crippen molar-refractivity contribution >= 4 is 17.7 Å². The Morgan fingerprint density at radius 3 is 2.62 bits per heavy atom. The summed E-state index contributed by atoms with van der Waals surface area (Å²) in [6.07, 6.45) is 1.30. The van der Waals surface area contributed by atoms with Crippen molar-refractivity contribution in [3.63, 3.8) is 0 Å². The third-order valence-corrected chi connectivity index (χ3v) is 5.98. The highest BCUT2D eigenvalue weighted by atomic mass is 32.2. The Bertz CT molecular complexity index is 933. The zero-order chi connectivity index (χ0) is 20.9. The summed E-state index contributed by atoms with van der Waals surface area (Å²) < 4.78 is 10.9. The molecule has 2 aromatic rings. The van der Waals surface area contributed by atoms with E-state index in [2.05, 4.69) is 44.7 Å². The van der Waals surface area contributed by atoms with E-state index in [-0.39, 0.29) is 11.4 Å². The Morgan fingerprint density at radius 2 is 1.93 bits per heavy atom. The van der Waals surface area contributed by atoms with Crippen molar-refractivity contribution < 1.29 is 14.3 Å². The van der Waals surface area contributed by atoms with Crippen LogP contribution in [0.4, 0.5) is 0 Å². The van der Waals surface area contributed by atoms with Crippen molar-refractivity contribution in [2.75, 3.05) is 19.0 Å². The highest BCUT2D eigenvalue weighted by Gasteiger charge is 2.29. The van der Waals surface area contributed by atoms with Gasteiger partial charge in [-0.05, 0) is 54.3 Å². The quantitative estimate of drug-likeness (QED) is 0.379. The minimum atomic E-state index is -0.202. The van der Waals surface area contributed by atoms with Crippen LogP contribution in [0.15, 0.2) is 41.3 Å². The van der Waals surface area contributed by atoms with Crippen molar-refractivity contribution in [2.24, 2.45) is 0 Å². The van der Waals surface area contributed by atoms with Crippen molar-refractivity contribution in [3.8, 4) is 17.6 Å². The lowest BCUT2D eigenvalue weighted by molar-refractivity contribution is -0.142. The zero-order valence-corrected chi connectivity index (χ0v) is 18.4. The molecule has 0 aromatic heterocycles. The van der Waals surface area contributed by atoms with Crippen LogP contribution in [0, 0.1) is 11.8 Å². The largest absolute Gasteiger partial charge is 0.493 e. The van der Waals surface area contributed by atoms with E-state index in [1.165, 1.54) is 5.56 Å². The molecule has 1 heterocycles. The van der Waals surface area contributed by atoms with Crippen LogP contribution in [0.1, 0.15) is 56.4 Å². The third-order valence-electron chi connectivity index (χ3n) is 5.04. The molecule has 0 spiro atoms. The number of carbonyl (C=O) groups excluding carboxylic acids is 1. The molecule has 152 valence electrons. The van der Waals surface area contributed by atoms with Gasteiger partial charge in [0.25, 0.3) is 0 Å². The predicted octanol–water partition coefficient (Wildman–Crippen LogP) is 5.36. The number of rotatable bonds is 5. The lowest BCUT2D eigenvalue weighted by Crippen LogP contribution is -2.26. The second-order valence-corrected chi connectivity index (χ2v) is 8.99. The number of hydrogen-bond donors (Lipinski definition) is 0. The van der Waals surface area contributed by atoms with Gasteiger partial charge in [-0.1, -0.05) is 44.7 Å². The molecule has 1 aliphatic rings. The molecule has 29 heavy (non-hydrogen) atoms. The molecule has 0 unspecified atom stereocenters. The van der Waals surface area contributed by atoms with E-state index in [0.717, 1.165) is 46.1 Å². The summed E-state index contributed by atoms with van der Waals surface area (Å²) in [5.41, 5.74) is 4.24. The SMILES string of the molecule is CCOC(=O)Cc1ccc(C#Cc2cc3c(cc2SCC)OCCC3(C)C)cc1. The number of benzene rings is 2. The molecule has 4 heteroatoms. The fraction of sp³-hybridized carbons (Fsp3) is 0.400. The van der Waals surface area contributed by atoms with Gasteiger partial charge in [0.2, 0.25) is 0 Å². The molecule has 0 radical (unpaired) electrons. The number of fused-ring (bicyclic) bond motifs is 1. The van der Waals surface area contributed by atoms with E-state index in [9.17, 15) is 4.79 Å². The summed E-state index contributed by atoms with van der Waals surface area (Å²) >= 11 is 1.79. The topological polar surface area (TPSA) is 35.5 Å². The maximum atomic E-state index is 11.6. The molecule has 0 bridgehead atoms. The fourth-order valence-corrected chi connectivity index (χ4v) is 4.12. The Labute approximate surface area is 178 Å². The summed E-state index contributed by atoms with van der Waals surface area (Å²) in [6.45, 7) is 9.66. The molecule has 0 aliphatic carbocycles. The van der Waals surface area contributed by atoms with Crippen molar-refractivity contribution in [3.05, 3.63) is 58.7 Å². The summed E-state index contributed by atoms with van der Waals surface area (Å²) in [4.78, 5) is 12.8. The van der Waals surface area contributed by atoms with Crippen LogP contribution in [0.2, 0.25) is 0 Å². The van der Waals surface area contributed by atoms with Gasteiger partial charge < -0.3 is 9.47 Å². The number of ether oxygens (including phenoxy) is 2. The van der Waals surface area contributed by atoms with Gasteiger partial charge >= 0.3 is 5.97 Å². The molecule has 0 saturated heterocycles. The van der Waals surface area contributed by atoms with E-state index < -0.39 is 0 Å². The van der Waals surface area contributed by atoms with Crippen LogP contribution in [-0.4, -0.2) is 24.9 Å². The molecule has 3 rings (SSSR count). The van der Waals surface area contributed by atoms with E-state index >= 15 is 0 Å². The van der Waals surface area contributed by atoms with E-state index in [4.69, 9.17) is 9.47 Å². The number of esters is 1. The number of thioether (sulfide) groups is 1. The van der Waals surface area contributed by atoms with Crippen molar-refractivity contribution in [1.82, 2.24) is 0 Å². The lowest BCUT2D eigenvalue weighted by Gasteiger charge is -2.33. The van der Waals surface area contributed by atoms with Crippen molar-refractivity contribution in [2.45, 2.75) is 50.8 Å². The maximum Gasteiger partial charge on any atom is 0.310 e. The Balaban J connectivity index is 1.86. The molecule has 1 aliphatic heterocycles. The Hall–Kier alpha value is -2.38. The molecular weight excluding hydrogens is 380 g/mol. The first-order valence-corrected chi connectivity index (χ1v) is 11.1. The van der Waals surface area contributed by atoms with Gasteiger partial charge in [-0.15, -0.1) is 11.8 Å². The van der Waals surface area contributed by atoms with E-state index in [0.29, 0.717) is 13.0 Å². The molecule has 2 aromatic carbocycles. The maximum absolute atomic E-state index is 11.6. The van der Waals surface area contributed by atoms with Gasteiger partial charge in [-0.3, -0.25) is 4.79 Å². The van der Waals surface area contributed by atoms with Gasteiger partial charge in [0.05, 0.1) is 19.6 Å². The van der Waals surface area contributed by atoms with Crippen LogP contribution in [-0.2, 0) is 21.4 Å². The Morgan fingerprint density at radius 1 is 1.17 bits per heavy atom. The van der Waals surface area contributed by atoms with E-state index in [1.807, 2.05) is 31.2 Å². The summed E-state index contributed by atoms with van der Waals surface area (Å²) in [7, 11) is 0. The van der Waals surface area contributed by atoms with Gasteiger partial charge in [0.1, 0.15) is 5.75 Å².